The first-order valence-electron chi connectivity index (χ1n) is 9.16. The molecule has 0 spiro atoms. The third-order valence-corrected chi connectivity index (χ3v) is 4.28. The molecule has 0 saturated carbocycles. The van der Waals surface area contributed by atoms with Gasteiger partial charge in [0.25, 0.3) is 0 Å². The van der Waals surface area contributed by atoms with E-state index in [-0.39, 0.29) is 12.3 Å². The Morgan fingerprint density at radius 2 is 1.96 bits per heavy atom. The molecular formula is C18H32N2O5. The molecule has 0 radical (unpaired) electrons. The van der Waals surface area contributed by atoms with E-state index >= 15 is 0 Å². The van der Waals surface area contributed by atoms with Crippen molar-refractivity contribution < 1.29 is 24.3 Å². The number of rotatable bonds is 8. The van der Waals surface area contributed by atoms with E-state index in [1.165, 1.54) is 0 Å². The zero-order valence-electron chi connectivity index (χ0n) is 15.8. The lowest BCUT2D eigenvalue weighted by atomic mass is 9.95. The molecule has 2 atom stereocenters. The summed E-state index contributed by atoms with van der Waals surface area (Å²) in [5, 5.41) is 8.77. The van der Waals surface area contributed by atoms with Gasteiger partial charge in [0.1, 0.15) is 11.6 Å². The maximum absolute atomic E-state index is 12.9. The minimum absolute atomic E-state index is 0.0728. The van der Waals surface area contributed by atoms with Crippen LogP contribution in [0.3, 0.4) is 0 Å². The van der Waals surface area contributed by atoms with Crippen molar-refractivity contribution >= 4 is 17.8 Å². The number of carbonyl (C=O) groups excluding carboxylic acids is 3. The van der Waals surface area contributed by atoms with Crippen molar-refractivity contribution in [3.63, 3.8) is 0 Å². The number of nitrogens with zero attached hydrogens (tertiary/aromatic N) is 1. The molecule has 0 bridgehead atoms. The monoisotopic (exact) mass is 356 g/mol. The van der Waals surface area contributed by atoms with Crippen molar-refractivity contribution in [2.24, 2.45) is 5.92 Å². The highest BCUT2D eigenvalue weighted by Crippen LogP contribution is 2.26. The lowest BCUT2D eigenvalue weighted by molar-refractivity contribution is -0.164. The summed E-state index contributed by atoms with van der Waals surface area (Å²) >= 11 is 0. The predicted octanol–water partition coefficient (Wildman–Crippen LogP) is 2.41. The van der Waals surface area contributed by atoms with E-state index in [4.69, 9.17) is 9.94 Å². The molecule has 2 N–H and O–H groups in total. The SMILES string of the molecule is CCCCC[C@H](CC(=O)NO)C(=O)N1CCC[C@H]1C(=O)OC(C)(C)C. The van der Waals surface area contributed by atoms with Crippen LogP contribution in [0.25, 0.3) is 0 Å². The fourth-order valence-corrected chi connectivity index (χ4v) is 3.10. The highest BCUT2D eigenvalue weighted by atomic mass is 16.6. The second-order valence-corrected chi connectivity index (χ2v) is 7.65. The van der Waals surface area contributed by atoms with Crippen molar-refractivity contribution in [1.29, 1.82) is 0 Å². The molecule has 1 heterocycles. The molecule has 2 amide bonds. The van der Waals surface area contributed by atoms with E-state index in [0.717, 1.165) is 25.7 Å². The van der Waals surface area contributed by atoms with E-state index in [2.05, 4.69) is 6.92 Å². The van der Waals surface area contributed by atoms with Crippen molar-refractivity contribution in [2.75, 3.05) is 6.54 Å². The van der Waals surface area contributed by atoms with Crippen molar-refractivity contribution in [2.45, 2.75) is 84.3 Å². The van der Waals surface area contributed by atoms with Gasteiger partial charge in [-0.05, 0) is 40.0 Å². The van der Waals surface area contributed by atoms with E-state index < -0.39 is 29.4 Å². The fourth-order valence-electron chi connectivity index (χ4n) is 3.10. The second kappa shape index (κ2) is 9.75. The molecule has 1 aliphatic rings. The molecule has 1 saturated heterocycles. The Balaban J connectivity index is 2.81. The maximum atomic E-state index is 12.9. The number of amides is 2. The van der Waals surface area contributed by atoms with Gasteiger partial charge in [-0.3, -0.25) is 14.8 Å². The molecule has 0 aromatic heterocycles. The molecule has 0 aromatic carbocycles. The lowest BCUT2D eigenvalue weighted by Crippen LogP contribution is -2.46. The Labute approximate surface area is 150 Å². The number of hydrogen-bond donors (Lipinski definition) is 2. The van der Waals surface area contributed by atoms with Gasteiger partial charge in [0.15, 0.2) is 0 Å². The van der Waals surface area contributed by atoms with Crippen LogP contribution in [0.1, 0.15) is 72.6 Å². The van der Waals surface area contributed by atoms with Gasteiger partial charge < -0.3 is 9.64 Å². The molecule has 1 fully saturated rings. The zero-order chi connectivity index (χ0) is 19.0. The zero-order valence-corrected chi connectivity index (χ0v) is 15.8. The topological polar surface area (TPSA) is 95.9 Å². The number of ether oxygens (including phenoxy) is 1. The Morgan fingerprint density at radius 3 is 2.52 bits per heavy atom. The van der Waals surface area contributed by atoms with Gasteiger partial charge >= 0.3 is 5.97 Å². The van der Waals surface area contributed by atoms with Crippen LogP contribution in [-0.2, 0) is 19.1 Å². The Bertz CT molecular complexity index is 473. The molecule has 144 valence electrons. The van der Waals surface area contributed by atoms with Crippen molar-refractivity contribution in [3.8, 4) is 0 Å². The summed E-state index contributed by atoms with van der Waals surface area (Å²) in [6, 6.07) is -0.586. The fraction of sp³-hybridized carbons (Fsp3) is 0.833. The number of likely N-dealkylation sites (tertiary alicyclic amines) is 1. The summed E-state index contributed by atoms with van der Waals surface area (Å²) in [5.74, 6) is -1.70. The molecule has 0 aliphatic carbocycles. The van der Waals surface area contributed by atoms with Crippen LogP contribution in [0.15, 0.2) is 0 Å². The summed E-state index contributed by atoms with van der Waals surface area (Å²) in [6.45, 7) is 7.95. The number of carbonyl (C=O) groups is 3. The smallest absolute Gasteiger partial charge is 0.329 e. The molecule has 1 aliphatic heterocycles. The van der Waals surface area contributed by atoms with E-state index in [9.17, 15) is 14.4 Å². The van der Waals surface area contributed by atoms with E-state index in [1.54, 1.807) is 31.2 Å². The normalized spacial score (nSPS) is 18.8. The molecule has 25 heavy (non-hydrogen) atoms. The minimum Gasteiger partial charge on any atom is -0.458 e. The molecule has 7 heteroatoms. The van der Waals surface area contributed by atoms with Crippen LogP contribution >= 0.6 is 0 Å². The quantitative estimate of drug-likeness (QED) is 0.301. The van der Waals surface area contributed by atoms with Crippen LogP contribution in [0, 0.1) is 5.92 Å². The summed E-state index contributed by atoms with van der Waals surface area (Å²) in [7, 11) is 0. The lowest BCUT2D eigenvalue weighted by Gasteiger charge is -2.30. The highest BCUT2D eigenvalue weighted by molar-refractivity contribution is 5.89. The summed E-state index contributed by atoms with van der Waals surface area (Å²) in [5.41, 5.74) is 0.990. The Kier molecular flexibility index (Phi) is 8.35. The van der Waals surface area contributed by atoms with Crippen LogP contribution in [0.5, 0.6) is 0 Å². The highest BCUT2D eigenvalue weighted by Gasteiger charge is 2.39. The van der Waals surface area contributed by atoms with E-state index in [0.29, 0.717) is 19.4 Å². The number of hydroxylamine groups is 1. The number of esters is 1. The summed E-state index contributed by atoms with van der Waals surface area (Å²) in [6.07, 6.45) is 4.63. The standard InChI is InChI=1S/C18H32N2O5/c1-5-6-7-9-13(12-15(21)19-24)16(22)20-11-8-10-14(20)17(23)25-18(2,3)4/h13-14,24H,5-12H2,1-4H3,(H,19,21)/t13-,14+/m1/s1. The van der Waals surface area contributed by atoms with Crippen molar-refractivity contribution in [1.82, 2.24) is 10.4 Å². The van der Waals surface area contributed by atoms with Crippen LogP contribution in [0.2, 0.25) is 0 Å². The number of nitrogens with one attached hydrogen (secondary N) is 1. The predicted molar refractivity (Wildman–Crippen MR) is 92.8 cm³/mol. The first-order chi connectivity index (χ1) is 11.7. The molecular weight excluding hydrogens is 324 g/mol. The van der Waals surface area contributed by atoms with Crippen LogP contribution in [0.4, 0.5) is 0 Å². The first-order valence-corrected chi connectivity index (χ1v) is 9.16. The third-order valence-electron chi connectivity index (χ3n) is 4.28. The van der Waals surface area contributed by atoms with Gasteiger partial charge in [0, 0.05) is 18.9 Å². The average molecular weight is 356 g/mol. The van der Waals surface area contributed by atoms with Crippen LogP contribution in [-0.4, -0.2) is 46.1 Å². The molecule has 0 unspecified atom stereocenters. The second-order valence-electron chi connectivity index (χ2n) is 7.65. The van der Waals surface area contributed by atoms with Crippen LogP contribution < -0.4 is 5.48 Å². The maximum Gasteiger partial charge on any atom is 0.329 e. The molecule has 7 nitrogen and oxygen atoms in total. The minimum atomic E-state index is -0.605. The van der Waals surface area contributed by atoms with Gasteiger partial charge in [0.2, 0.25) is 11.8 Å². The van der Waals surface area contributed by atoms with Gasteiger partial charge in [-0.15, -0.1) is 0 Å². The van der Waals surface area contributed by atoms with E-state index in [1.807, 2.05) is 0 Å². The summed E-state index contributed by atoms with van der Waals surface area (Å²) < 4.78 is 5.43. The average Bonchev–Trinajstić information content (AvgIpc) is 3.01. The number of hydrogen-bond acceptors (Lipinski definition) is 5. The molecule has 0 aromatic rings. The van der Waals surface area contributed by atoms with Gasteiger partial charge in [-0.1, -0.05) is 26.2 Å². The van der Waals surface area contributed by atoms with Gasteiger partial charge in [0.05, 0.1) is 0 Å². The Morgan fingerprint density at radius 1 is 1.28 bits per heavy atom. The molecule has 1 rings (SSSR count). The van der Waals surface area contributed by atoms with Gasteiger partial charge in [-0.2, -0.15) is 0 Å². The van der Waals surface area contributed by atoms with Gasteiger partial charge in [-0.25, -0.2) is 10.3 Å². The third kappa shape index (κ3) is 7.02. The first kappa shape index (κ1) is 21.4. The van der Waals surface area contributed by atoms with Crippen molar-refractivity contribution in [3.05, 3.63) is 0 Å². The Hall–Kier alpha value is -1.63. The number of unbranched alkanes of at least 4 members (excludes halogenated alkanes) is 2. The largest absolute Gasteiger partial charge is 0.458 e. The summed E-state index contributed by atoms with van der Waals surface area (Å²) in [4.78, 5) is 38.4.